The van der Waals surface area contributed by atoms with E-state index >= 15 is 0 Å². The fraction of sp³-hybridized carbons (Fsp3) is 0.500. The highest BCUT2D eigenvalue weighted by Gasteiger charge is 2.26. The second-order valence-electron chi connectivity index (χ2n) is 6.55. The Morgan fingerprint density at radius 3 is 2.55 bits per heavy atom. The fourth-order valence-corrected chi connectivity index (χ4v) is 3.49. The molecule has 0 bridgehead atoms. The molecule has 4 heteroatoms. The molecule has 2 heterocycles. The van der Waals surface area contributed by atoms with E-state index in [9.17, 15) is 0 Å². The molecule has 1 fully saturated rings. The Bertz CT molecular complexity index is 636. The predicted molar refractivity (Wildman–Crippen MR) is 91.0 cm³/mol. The highest BCUT2D eigenvalue weighted by atomic mass is 15.3. The van der Waals surface area contributed by atoms with Crippen molar-refractivity contribution >= 4 is 5.82 Å². The molecule has 1 aliphatic heterocycles. The molecule has 2 atom stereocenters. The Morgan fingerprint density at radius 2 is 1.86 bits per heavy atom. The minimum absolute atomic E-state index is 0.616. The number of nitrogens with zero attached hydrogens (tertiary/aromatic N) is 3. The van der Waals surface area contributed by atoms with Crippen LogP contribution in [0.3, 0.4) is 0 Å². The summed E-state index contributed by atoms with van der Waals surface area (Å²) in [7, 11) is 0. The van der Waals surface area contributed by atoms with E-state index in [1.165, 1.54) is 24.8 Å². The molecule has 1 aromatic heterocycles. The van der Waals surface area contributed by atoms with Crippen molar-refractivity contribution in [2.24, 2.45) is 0 Å². The van der Waals surface area contributed by atoms with E-state index < -0.39 is 0 Å². The summed E-state index contributed by atoms with van der Waals surface area (Å²) >= 11 is 0. The lowest BCUT2D eigenvalue weighted by Gasteiger charge is -2.38. The number of piperidine rings is 1. The number of para-hydroxylation sites is 1. The van der Waals surface area contributed by atoms with Crippen molar-refractivity contribution in [2.75, 3.05) is 5.73 Å². The van der Waals surface area contributed by atoms with Gasteiger partial charge in [-0.25, -0.2) is 4.68 Å². The lowest BCUT2D eigenvalue weighted by atomic mass is 9.97. The number of aromatic nitrogens is 2. The second-order valence-corrected chi connectivity index (χ2v) is 6.55. The highest BCUT2D eigenvalue weighted by Crippen LogP contribution is 2.27. The Labute approximate surface area is 132 Å². The van der Waals surface area contributed by atoms with E-state index in [0.29, 0.717) is 12.1 Å². The molecule has 22 heavy (non-hydrogen) atoms. The van der Waals surface area contributed by atoms with Crippen LogP contribution >= 0.6 is 0 Å². The summed E-state index contributed by atoms with van der Waals surface area (Å²) in [5, 5.41) is 4.53. The van der Waals surface area contributed by atoms with E-state index in [2.05, 4.69) is 42.9 Å². The summed E-state index contributed by atoms with van der Waals surface area (Å²) in [6, 6.07) is 9.45. The van der Waals surface area contributed by atoms with Gasteiger partial charge in [0, 0.05) is 24.2 Å². The number of aryl methyl sites for hydroxylation is 1. The van der Waals surface area contributed by atoms with E-state index in [4.69, 9.17) is 5.73 Å². The molecule has 0 radical (unpaired) electrons. The number of rotatable bonds is 3. The lowest BCUT2D eigenvalue weighted by Crippen LogP contribution is -2.43. The molecule has 2 aromatic rings. The van der Waals surface area contributed by atoms with Gasteiger partial charge in [-0.3, -0.25) is 4.90 Å². The summed E-state index contributed by atoms with van der Waals surface area (Å²) in [6.45, 7) is 7.61. The number of hydrogen-bond acceptors (Lipinski definition) is 3. The zero-order valence-corrected chi connectivity index (χ0v) is 13.8. The monoisotopic (exact) mass is 298 g/mol. The summed E-state index contributed by atoms with van der Waals surface area (Å²) in [5.41, 5.74) is 9.76. The normalized spacial score (nSPS) is 22.9. The minimum atomic E-state index is 0.616. The molecular weight excluding hydrogens is 272 g/mol. The Kier molecular flexibility index (Phi) is 4.21. The van der Waals surface area contributed by atoms with E-state index in [1.807, 2.05) is 23.0 Å². The first kappa shape index (κ1) is 15.1. The first-order valence-electron chi connectivity index (χ1n) is 8.22. The third-order valence-corrected chi connectivity index (χ3v) is 4.96. The number of likely N-dealkylation sites (tertiary alicyclic amines) is 1. The maximum absolute atomic E-state index is 6.39. The molecular formula is C18H26N4. The van der Waals surface area contributed by atoms with Crippen molar-refractivity contribution in [3.63, 3.8) is 0 Å². The summed E-state index contributed by atoms with van der Waals surface area (Å²) in [6.07, 6.45) is 5.80. The topological polar surface area (TPSA) is 47.1 Å². The zero-order chi connectivity index (χ0) is 15.7. The Morgan fingerprint density at radius 1 is 1.18 bits per heavy atom. The summed E-state index contributed by atoms with van der Waals surface area (Å²) in [5.74, 6) is 0.763. The van der Waals surface area contributed by atoms with Gasteiger partial charge in [-0.2, -0.15) is 5.10 Å². The van der Waals surface area contributed by atoms with Gasteiger partial charge in [0.1, 0.15) is 5.82 Å². The average Bonchev–Trinajstić information content (AvgIpc) is 2.85. The third-order valence-electron chi connectivity index (χ3n) is 4.96. The Hall–Kier alpha value is -1.81. The SMILES string of the molecule is Cc1ccccc1-n1ncc(CN2C(C)CCCC2C)c1N. The number of benzene rings is 1. The molecule has 2 unspecified atom stereocenters. The van der Waals surface area contributed by atoms with Crippen LogP contribution in [-0.4, -0.2) is 26.8 Å². The van der Waals surface area contributed by atoms with Crippen molar-refractivity contribution in [1.29, 1.82) is 0 Å². The largest absolute Gasteiger partial charge is 0.383 e. The van der Waals surface area contributed by atoms with Crippen molar-refractivity contribution in [3.05, 3.63) is 41.6 Å². The van der Waals surface area contributed by atoms with E-state index in [-0.39, 0.29) is 0 Å². The molecule has 0 spiro atoms. The average molecular weight is 298 g/mol. The first-order chi connectivity index (χ1) is 10.6. The molecule has 0 saturated carbocycles. The van der Waals surface area contributed by atoms with Crippen molar-refractivity contribution in [2.45, 2.75) is 58.7 Å². The number of nitrogens with two attached hydrogens (primary N) is 1. The maximum Gasteiger partial charge on any atom is 0.131 e. The molecule has 1 saturated heterocycles. The standard InChI is InChI=1S/C18H26N4/c1-13-7-4-5-10-17(13)22-18(19)16(11-20-22)12-21-14(2)8-6-9-15(21)3/h4-5,7,10-11,14-15H,6,8-9,12,19H2,1-3H3. The van der Waals surface area contributed by atoms with E-state index in [1.54, 1.807) is 0 Å². The van der Waals surface area contributed by atoms with Gasteiger partial charge in [0.05, 0.1) is 11.9 Å². The van der Waals surface area contributed by atoms with Gasteiger partial charge >= 0.3 is 0 Å². The molecule has 2 N–H and O–H groups in total. The van der Waals surface area contributed by atoms with Gasteiger partial charge in [-0.15, -0.1) is 0 Å². The van der Waals surface area contributed by atoms with Gasteiger partial charge in [0.25, 0.3) is 0 Å². The minimum Gasteiger partial charge on any atom is -0.383 e. The lowest BCUT2D eigenvalue weighted by molar-refractivity contribution is 0.0955. The Balaban J connectivity index is 1.86. The molecule has 1 aromatic carbocycles. The van der Waals surface area contributed by atoms with E-state index in [0.717, 1.165) is 23.6 Å². The zero-order valence-electron chi connectivity index (χ0n) is 13.8. The summed E-state index contributed by atoms with van der Waals surface area (Å²) < 4.78 is 1.87. The van der Waals surface area contributed by atoms with Crippen LogP contribution < -0.4 is 5.73 Å². The van der Waals surface area contributed by atoms with Crippen LogP contribution in [0.4, 0.5) is 5.82 Å². The number of anilines is 1. The highest BCUT2D eigenvalue weighted by molar-refractivity contribution is 5.50. The van der Waals surface area contributed by atoms with Crippen molar-refractivity contribution in [3.8, 4) is 5.69 Å². The maximum atomic E-state index is 6.39. The van der Waals surface area contributed by atoms with Crippen LogP contribution in [0, 0.1) is 6.92 Å². The van der Waals surface area contributed by atoms with Crippen LogP contribution in [0.5, 0.6) is 0 Å². The molecule has 0 aliphatic carbocycles. The van der Waals surface area contributed by atoms with Gasteiger partial charge < -0.3 is 5.73 Å². The van der Waals surface area contributed by atoms with Crippen LogP contribution in [0.25, 0.3) is 5.69 Å². The molecule has 0 amide bonds. The molecule has 3 rings (SSSR count). The van der Waals surface area contributed by atoms with Crippen LogP contribution in [-0.2, 0) is 6.54 Å². The van der Waals surface area contributed by atoms with Crippen molar-refractivity contribution < 1.29 is 0 Å². The third kappa shape index (κ3) is 2.75. The van der Waals surface area contributed by atoms with Crippen molar-refractivity contribution in [1.82, 2.24) is 14.7 Å². The summed E-state index contributed by atoms with van der Waals surface area (Å²) in [4.78, 5) is 2.55. The fourth-order valence-electron chi connectivity index (χ4n) is 3.49. The first-order valence-corrected chi connectivity index (χ1v) is 8.22. The van der Waals surface area contributed by atoms with Crippen LogP contribution in [0.1, 0.15) is 44.2 Å². The molecule has 4 nitrogen and oxygen atoms in total. The van der Waals surface area contributed by atoms with Crippen LogP contribution in [0.2, 0.25) is 0 Å². The van der Waals surface area contributed by atoms with Gasteiger partial charge in [0.15, 0.2) is 0 Å². The smallest absolute Gasteiger partial charge is 0.131 e. The molecule has 1 aliphatic rings. The number of hydrogen-bond donors (Lipinski definition) is 1. The second kappa shape index (κ2) is 6.13. The number of nitrogen functional groups attached to an aromatic ring is 1. The van der Waals surface area contributed by atoms with Gasteiger partial charge in [-0.05, 0) is 45.2 Å². The van der Waals surface area contributed by atoms with Gasteiger partial charge in [0.2, 0.25) is 0 Å². The van der Waals surface area contributed by atoms with Crippen LogP contribution in [0.15, 0.2) is 30.5 Å². The predicted octanol–water partition coefficient (Wildman–Crippen LogP) is 3.53. The van der Waals surface area contributed by atoms with Gasteiger partial charge in [-0.1, -0.05) is 24.6 Å². The molecule has 118 valence electrons. The quantitative estimate of drug-likeness (QED) is 0.943.